The molecule has 0 fully saturated rings. The van der Waals surface area contributed by atoms with Crippen molar-refractivity contribution in [2.45, 2.75) is 4.90 Å². The topological polar surface area (TPSA) is 55.8 Å². The zero-order chi connectivity index (χ0) is 9.68. The molecule has 1 N–H and O–H groups in total. The van der Waals surface area contributed by atoms with E-state index in [0.29, 0.717) is 21.8 Å². The van der Waals surface area contributed by atoms with Crippen LogP contribution >= 0.6 is 23.6 Å². The average Bonchev–Trinajstić information content (AvgIpc) is 2.16. The molecule has 70 valence electrons. The Labute approximate surface area is 83.5 Å². The number of hydrogen-bond donors (Lipinski definition) is 1. The molecule has 0 unspecified atom stereocenters. The third-order valence-electron chi connectivity index (χ3n) is 1.26. The van der Waals surface area contributed by atoms with Crippen LogP contribution < -0.4 is 0 Å². The number of carbonyl (C=O) groups excluding carboxylic acids is 1. The minimum Gasteiger partial charge on any atom is -0.298 e. The molecular weight excluding hydrogens is 216 g/mol. The first-order valence-corrected chi connectivity index (χ1v) is 4.29. The lowest BCUT2D eigenvalue weighted by atomic mass is 10.2. The van der Waals surface area contributed by atoms with Gasteiger partial charge in [0.1, 0.15) is 0 Å². The Morgan fingerprint density at radius 2 is 2.31 bits per heavy atom. The minimum atomic E-state index is 0.355. The van der Waals surface area contributed by atoms with Gasteiger partial charge in [-0.2, -0.15) is 0 Å². The van der Waals surface area contributed by atoms with Crippen LogP contribution in [-0.2, 0) is 9.37 Å². The lowest BCUT2D eigenvalue weighted by Gasteiger charge is -1.99. The first kappa shape index (κ1) is 10.5. The second kappa shape index (κ2) is 5.21. The molecule has 1 aromatic carbocycles. The van der Waals surface area contributed by atoms with Crippen LogP contribution in [0.25, 0.3) is 0 Å². The normalized spacial score (nSPS) is 10.0. The summed E-state index contributed by atoms with van der Waals surface area (Å²) >= 11 is 6.44. The summed E-state index contributed by atoms with van der Waals surface area (Å²) < 4.78 is 4.17. The molecule has 0 bridgehead atoms. The van der Waals surface area contributed by atoms with Gasteiger partial charge < -0.3 is 0 Å². The highest BCUT2D eigenvalue weighted by molar-refractivity contribution is 7.94. The molecule has 0 radical (unpaired) electrons. The second-order valence-electron chi connectivity index (χ2n) is 2.03. The van der Waals surface area contributed by atoms with E-state index in [9.17, 15) is 4.79 Å². The van der Waals surface area contributed by atoms with E-state index < -0.39 is 0 Å². The van der Waals surface area contributed by atoms with Crippen molar-refractivity contribution in [3.63, 3.8) is 0 Å². The summed E-state index contributed by atoms with van der Waals surface area (Å²) in [7, 11) is 0. The molecule has 0 saturated heterocycles. The predicted molar refractivity (Wildman–Crippen MR) is 47.5 cm³/mol. The highest BCUT2D eigenvalue weighted by Crippen LogP contribution is 2.23. The van der Waals surface area contributed by atoms with Crippen LogP contribution in [-0.4, -0.2) is 11.5 Å². The second-order valence-corrected chi connectivity index (χ2v) is 3.21. The summed E-state index contributed by atoms with van der Waals surface area (Å²) in [6.45, 7) is 0. The van der Waals surface area contributed by atoms with Crippen molar-refractivity contribution >= 4 is 29.9 Å². The Balaban J connectivity index is 2.80. The van der Waals surface area contributed by atoms with E-state index in [2.05, 4.69) is 9.37 Å². The molecule has 13 heavy (non-hydrogen) atoms. The zero-order valence-corrected chi connectivity index (χ0v) is 7.84. The maximum absolute atomic E-state index is 10.4. The Morgan fingerprint density at radius 3 is 2.92 bits per heavy atom. The molecule has 0 atom stereocenters. The number of benzene rings is 1. The van der Waals surface area contributed by atoms with Crippen molar-refractivity contribution in [3.05, 3.63) is 28.8 Å². The quantitative estimate of drug-likeness (QED) is 0.366. The van der Waals surface area contributed by atoms with E-state index in [1.54, 1.807) is 12.1 Å². The highest BCUT2D eigenvalue weighted by Gasteiger charge is 2.02. The smallest absolute Gasteiger partial charge is 0.151 e. The fraction of sp³-hybridized carbons (Fsp3) is 0. The maximum atomic E-state index is 10.4. The number of rotatable bonds is 4. The van der Waals surface area contributed by atoms with Crippen molar-refractivity contribution in [1.29, 1.82) is 0 Å². The molecular formula is C7H5ClO4S. The summed E-state index contributed by atoms with van der Waals surface area (Å²) in [5.41, 5.74) is 0.355. The van der Waals surface area contributed by atoms with Crippen LogP contribution in [0.2, 0.25) is 5.02 Å². The van der Waals surface area contributed by atoms with Gasteiger partial charge in [-0.1, -0.05) is 16.6 Å². The van der Waals surface area contributed by atoms with Gasteiger partial charge in [0.15, 0.2) is 6.29 Å². The Bertz CT molecular complexity index is 305. The van der Waals surface area contributed by atoms with Gasteiger partial charge >= 0.3 is 0 Å². The van der Waals surface area contributed by atoms with E-state index in [4.69, 9.17) is 16.9 Å². The molecule has 1 rings (SSSR count). The molecule has 0 aliphatic heterocycles. The molecule has 0 aliphatic carbocycles. The lowest BCUT2D eigenvalue weighted by Crippen LogP contribution is -1.84. The van der Waals surface area contributed by atoms with Gasteiger partial charge in [-0.25, -0.2) is 5.26 Å². The van der Waals surface area contributed by atoms with E-state index in [1.807, 2.05) is 0 Å². The Morgan fingerprint density at radius 1 is 1.54 bits per heavy atom. The van der Waals surface area contributed by atoms with Gasteiger partial charge in [-0.05, 0) is 18.2 Å². The van der Waals surface area contributed by atoms with Crippen LogP contribution in [0.15, 0.2) is 23.1 Å². The number of hydrogen-bond acceptors (Lipinski definition) is 5. The summed E-state index contributed by atoms with van der Waals surface area (Å²) in [5, 5.41) is 11.6. The third-order valence-corrected chi connectivity index (χ3v) is 2.17. The number of halogens is 1. The van der Waals surface area contributed by atoms with Crippen molar-refractivity contribution in [3.8, 4) is 0 Å². The summed E-state index contributed by atoms with van der Waals surface area (Å²) in [5.74, 6) is 0. The Kier molecular flexibility index (Phi) is 4.20. The molecule has 0 amide bonds. The molecule has 6 heteroatoms. The van der Waals surface area contributed by atoms with E-state index in [-0.39, 0.29) is 0 Å². The largest absolute Gasteiger partial charge is 0.298 e. The zero-order valence-electron chi connectivity index (χ0n) is 6.27. The molecule has 0 spiro atoms. The third kappa shape index (κ3) is 2.98. The van der Waals surface area contributed by atoms with Crippen LogP contribution in [0.1, 0.15) is 10.4 Å². The fourth-order valence-corrected chi connectivity index (χ4v) is 1.29. The van der Waals surface area contributed by atoms with Gasteiger partial charge in [0, 0.05) is 10.5 Å². The lowest BCUT2D eigenvalue weighted by molar-refractivity contribution is -0.432. The summed E-state index contributed by atoms with van der Waals surface area (Å²) in [6.07, 6.45) is 0.631. The fourth-order valence-electron chi connectivity index (χ4n) is 0.718. The summed E-state index contributed by atoms with van der Waals surface area (Å²) in [6, 6.07) is 4.69. The van der Waals surface area contributed by atoms with Gasteiger partial charge in [0.2, 0.25) is 0 Å². The van der Waals surface area contributed by atoms with Gasteiger partial charge in [-0.15, -0.1) is 4.33 Å². The summed E-state index contributed by atoms with van der Waals surface area (Å²) in [4.78, 5) is 11.0. The van der Waals surface area contributed by atoms with E-state index >= 15 is 0 Å². The average molecular weight is 221 g/mol. The minimum absolute atomic E-state index is 0.355. The van der Waals surface area contributed by atoms with Gasteiger partial charge in [0.05, 0.1) is 17.1 Å². The van der Waals surface area contributed by atoms with Crippen LogP contribution in [0.4, 0.5) is 0 Å². The Hall–Kier alpha value is -0.590. The molecule has 0 aromatic heterocycles. The van der Waals surface area contributed by atoms with Gasteiger partial charge in [0.25, 0.3) is 0 Å². The van der Waals surface area contributed by atoms with Crippen molar-refractivity contribution in [2.75, 3.05) is 0 Å². The maximum Gasteiger partial charge on any atom is 0.151 e. The number of aldehydes is 1. The highest BCUT2D eigenvalue weighted by atomic mass is 35.5. The van der Waals surface area contributed by atoms with Crippen molar-refractivity contribution in [1.82, 2.24) is 0 Å². The van der Waals surface area contributed by atoms with E-state index in [0.717, 1.165) is 12.0 Å². The van der Waals surface area contributed by atoms with E-state index in [1.165, 1.54) is 6.07 Å². The molecule has 0 saturated carbocycles. The van der Waals surface area contributed by atoms with Crippen molar-refractivity contribution < 1.29 is 19.4 Å². The first-order chi connectivity index (χ1) is 6.27. The van der Waals surface area contributed by atoms with Gasteiger partial charge in [-0.3, -0.25) is 4.79 Å². The predicted octanol–water partition coefficient (Wildman–Crippen LogP) is 2.58. The number of carbonyl (C=O) groups is 1. The first-order valence-electron chi connectivity index (χ1n) is 3.17. The van der Waals surface area contributed by atoms with Crippen LogP contribution in [0.3, 0.4) is 0 Å². The molecule has 4 nitrogen and oxygen atoms in total. The van der Waals surface area contributed by atoms with Crippen molar-refractivity contribution in [2.24, 2.45) is 0 Å². The molecule has 1 aromatic rings. The monoisotopic (exact) mass is 220 g/mol. The SMILES string of the molecule is O=Cc1cc(SOOO)ccc1Cl. The standard InChI is InChI=1S/C7H5ClO4S/c8-7-2-1-6(13-12-11-10)3-5(7)4-9/h1-4,10H. The molecule has 0 aliphatic rings. The van der Waals surface area contributed by atoms with Crippen LogP contribution in [0.5, 0.6) is 0 Å². The van der Waals surface area contributed by atoms with Crippen LogP contribution in [0, 0.1) is 0 Å². The molecule has 0 heterocycles.